The van der Waals surface area contributed by atoms with E-state index < -0.39 is 23.5 Å². The summed E-state index contributed by atoms with van der Waals surface area (Å²) in [6.45, 7) is 3.77. The second-order valence-electron chi connectivity index (χ2n) is 4.80. The lowest BCUT2D eigenvalue weighted by Gasteiger charge is -2.22. The van der Waals surface area contributed by atoms with Crippen LogP contribution in [0.15, 0.2) is 36.5 Å². The van der Waals surface area contributed by atoms with Gasteiger partial charge in [-0.1, -0.05) is 12.1 Å². The largest absolute Gasteiger partial charge is 0.303 e. The van der Waals surface area contributed by atoms with Crippen molar-refractivity contribution >= 4 is 0 Å². The lowest BCUT2D eigenvalue weighted by Crippen LogP contribution is -2.30. The highest BCUT2D eigenvalue weighted by atomic mass is 19.2. The van der Waals surface area contributed by atoms with Crippen LogP contribution < -0.4 is 5.32 Å². The number of hydrogen-bond donors (Lipinski definition) is 1. The Balaban J connectivity index is 2.47. The van der Waals surface area contributed by atoms with Gasteiger partial charge in [-0.25, -0.2) is 13.2 Å². The van der Waals surface area contributed by atoms with Crippen molar-refractivity contribution in [1.82, 2.24) is 10.3 Å². The monoisotopic (exact) mass is 280 g/mol. The lowest BCUT2D eigenvalue weighted by atomic mass is 10.0. The SMILES string of the molecule is CC(C)NC(c1ccc(F)cn1)c1cccc(F)c1F. The fourth-order valence-corrected chi connectivity index (χ4v) is 1.97. The molecule has 0 radical (unpaired) electrons. The standard InChI is InChI=1S/C15H15F3N2/c1-9(2)20-15(13-7-6-10(16)8-19-13)11-4-3-5-12(17)14(11)18/h3-9,15,20H,1-2H3. The molecule has 2 aromatic rings. The topological polar surface area (TPSA) is 24.9 Å². The molecule has 106 valence electrons. The molecule has 0 fully saturated rings. The molecule has 0 amide bonds. The van der Waals surface area contributed by atoms with Gasteiger partial charge in [0.25, 0.3) is 0 Å². The zero-order valence-corrected chi connectivity index (χ0v) is 11.2. The van der Waals surface area contributed by atoms with Crippen molar-refractivity contribution in [1.29, 1.82) is 0 Å². The number of benzene rings is 1. The Hall–Kier alpha value is -1.88. The average Bonchev–Trinajstić information content (AvgIpc) is 2.40. The van der Waals surface area contributed by atoms with Crippen LogP contribution in [-0.2, 0) is 0 Å². The van der Waals surface area contributed by atoms with Gasteiger partial charge in [0.15, 0.2) is 11.6 Å². The van der Waals surface area contributed by atoms with Crippen molar-refractivity contribution in [2.45, 2.75) is 25.9 Å². The molecule has 0 bridgehead atoms. The summed E-state index contributed by atoms with van der Waals surface area (Å²) in [5.74, 6) is -2.31. The van der Waals surface area contributed by atoms with E-state index in [0.717, 1.165) is 12.3 Å². The fraction of sp³-hybridized carbons (Fsp3) is 0.267. The van der Waals surface area contributed by atoms with Gasteiger partial charge in [0, 0.05) is 11.6 Å². The molecule has 0 aliphatic heterocycles. The van der Waals surface area contributed by atoms with Gasteiger partial charge in [-0.15, -0.1) is 0 Å². The van der Waals surface area contributed by atoms with Crippen molar-refractivity contribution < 1.29 is 13.2 Å². The summed E-state index contributed by atoms with van der Waals surface area (Å²) in [6.07, 6.45) is 1.06. The van der Waals surface area contributed by atoms with E-state index in [1.165, 1.54) is 24.3 Å². The molecule has 0 aliphatic rings. The van der Waals surface area contributed by atoms with Crippen molar-refractivity contribution in [3.63, 3.8) is 0 Å². The first-order valence-corrected chi connectivity index (χ1v) is 6.30. The summed E-state index contributed by atoms with van der Waals surface area (Å²) in [4.78, 5) is 3.95. The van der Waals surface area contributed by atoms with Gasteiger partial charge >= 0.3 is 0 Å². The summed E-state index contributed by atoms with van der Waals surface area (Å²) < 4.78 is 40.3. The molecule has 0 aliphatic carbocycles. The fourth-order valence-electron chi connectivity index (χ4n) is 1.97. The van der Waals surface area contributed by atoms with Gasteiger partial charge in [-0.2, -0.15) is 0 Å². The van der Waals surface area contributed by atoms with Gasteiger partial charge in [-0.05, 0) is 32.0 Å². The summed E-state index contributed by atoms with van der Waals surface area (Å²) in [7, 11) is 0. The molecule has 0 spiro atoms. The maximum Gasteiger partial charge on any atom is 0.163 e. The van der Waals surface area contributed by atoms with E-state index in [1.54, 1.807) is 0 Å². The number of nitrogens with zero attached hydrogens (tertiary/aromatic N) is 1. The summed E-state index contributed by atoms with van der Waals surface area (Å²) >= 11 is 0. The smallest absolute Gasteiger partial charge is 0.163 e. The van der Waals surface area contributed by atoms with E-state index in [9.17, 15) is 13.2 Å². The number of hydrogen-bond acceptors (Lipinski definition) is 2. The van der Waals surface area contributed by atoms with Crippen molar-refractivity contribution in [2.75, 3.05) is 0 Å². The van der Waals surface area contributed by atoms with E-state index in [-0.39, 0.29) is 11.6 Å². The molecular weight excluding hydrogens is 265 g/mol. The highest BCUT2D eigenvalue weighted by Gasteiger charge is 2.21. The molecule has 1 atom stereocenters. The van der Waals surface area contributed by atoms with Gasteiger partial charge in [-0.3, -0.25) is 4.98 Å². The summed E-state index contributed by atoms with van der Waals surface area (Å²) in [5, 5.41) is 3.11. The molecule has 1 unspecified atom stereocenters. The van der Waals surface area contributed by atoms with E-state index in [1.807, 2.05) is 13.8 Å². The Morgan fingerprint density at radius 1 is 1.05 bits per heavy atom. The van der Waals surface area contributed by atoms with Crippen LogP contribution in [0.5, 0.6) is 0 Å². The van der Waals surface area contributed by atoms with Crippen LogP contribution in [-0.4, -0.2) is 11.0 Å². The first-order valence-electron chi connectivity index (χ1n) is 6.30. The van der Waals surface area contributed by atoms with Crippen LogP contribution in [0, 0.1) is 17.5 Å². The first kappa shape index (κ1) is 14.5. The molecule has 1 heterocycles. The van der Waals surface area contributed by atoms with E-state index in [2.05, 4.69) is 10.3 Å². The molecule has 1 aromatic heterocycles. The number of aromatic nitrogens is 1. The van der Waals surface area contributed by atoms with Crippen molar-refractivity contribution in [2.24, 2.45) is 0 Å². The molecule has 2 rings (SSSR count). The summed E-state index contributed by atoms with van der Waals surface area (Å²) in [6, 6.07) is 6.08. The van der Waals surface area contributed by atoms with Crippen LogP contribution >= 0.6 is 0 Å². The second-order valence-corrected chi connectivity index (χ2v) is 4.80. The third-order valence-electron chi connectivity index (χ3n) is 2.84. The normalized spacial score (nSPS) is 12.7. The number of rotatable bonds is 4. The van der Waals surface area contributed by atoms with E-state index in [0.29, 0.717) is 5.69 Å². The third-order valence-corrected chi connectivity index (χ3v) is 2.84. The highest BCUT2D eigenvalue weighted by molar-refractivity contribution is 5.30. The average molecular weight is 280 g/mol. The predicted molar refractivity (Wildman–Crippen MR) is 70.7 cm³/mol. The Labute approximate surface area is 115 Å². The zero-order valence-electron chi connectivity index (χ0n) is 11.2. The van der Waals surface area contributed by atoms with Crippen LogP contribution in [0.2, 0.25) is 0 Å². The molecule has 5 heteroatoms. The quantitative estimate of drug-likeness (QED) is 0.925. The zero-order chi connectivity index (χ0) is 14.7. The second kappa shape index (κ2) is 6.05. The van der Waals surface area contributed by atoms with Crippen molar-refractivity contribution in [3.8, 4) is 0 Å². The Morgan fingerprint density at radius 3 is 2.40 bits per heavy atom. The number of halogens is 3. The molecule has 1 N–H and O–H groups in total. The van der Waals surface area contributed by atoms with Crippen LogP contribution in [0.3, 0.4) is 0 Å². The Bertz CT molecular complexity index is 582. The third kappa shape index (κ3) is 3.17. The van der Waals surface area contributed by atoms with Crippen LogP contribution in [0.25, 0.3) is 0 Å². The predicted octanol–water partition coefficient (Wildman–Crippen LogP) is 3.59. The molecule has 0 saturated heterocycles. The van der Waals surface area contributed by atoms with E-state index in [4.69, 9.17) is 0 Å². The maximum absolute atomic E-state index is 14.0. The highest BCUT2D eigenvalue weighted by Crippen LogP contribution is 2.25. The van der Waals surface area contributed by atoms with Gasteiger partial charge < -0.3 is 5.32 Å². The molecular formula is C15H15F3N2. The number of pyridine rings is 1. The van der Waals surface area contributed by atoms with Crippen molar-refractivity contribution in [3.05, 3.63) is 65.2 Å². The van der Waals surface area contributed by atoms with E-state index >= 15 is 0 Å². The minimum absolute atomic E-state index is 0.0227. The maximum atomic E-state index is 14.0. The molecule has 20 heavy (non-hydrogen) atoms. The molecule has 2 nitrogen and oxygen atoms in total. The Morgan fingerprint density at radius 2 is 1.80 bits per heavy atom. The Kier molecular flexibility index (Phi) is 4.39. The minimum atomic E-state index is -0.920. The van der Waals surface area contributed by atoms with Gasteiger partial charge in [0.1, 0.15) is 5.82 Å². The van der Waals surface area contributed by atoms with Crippen LogP contribution in [0.4, 0.5) is 13.2 Å². The van der Waals surface area contributed by atoms with Crippen LogP contribution in [0.1, 0.15) is 31.1 Å². The molecule has 0 saturated carbocycles. The molecule has 1 aromatic carbocycles. The lowest BCUT2D eigenvalue weighted by molar-refractivity contribution is 0.461. The summed E-state index contributed by atoms with van der Waals surface area (Å²) in [5.41, 5.74) is 0.586. The number of nitrogens with one attached hydrogen (secondary N) is 1. The van der Waals surface area contributed by atoms with Gasteiger partial charge in [0.05, 0.1) is 17.9 Å². The first-order chi connectivity index (χ1) is 9.49. The minimum Gasteiger partial charge on any atom is -0.303 e. The van der Waals surface area contributed by atoms with Gasteiger partial charge in [0.2, 0.25) is 0 Å².